The summed E-state index contributed by atoms with van der Waals surface area (Å²) in [5.74, 6) is -1.01. The molecule has 0 radical (unpaired) electrons. The molecule has 5 heteroatoms. The van der Waals surface area contributed by atoms with Gasteiger partial charge in [-0.3, -0.25) is 4.79 Å². The number of hydrogen-bond donors (Lipinski definition) is 1. The molecule has 1 aliphatic rings. The van der Waals surface area contributed by atoms with E-state index in [-0.39, 0.29) is 6.54 Å². The van der Waals surface area contributed by atoms with Gasteiger partial charge >= 0.3 is 12.1 Å². The smallest absolute Gasteiger partial charge is 0.410 e. The SMILES string of the molecule is CC1CCN(C(=O)OC(C)(C)C)CC(C(=O)O)C1. The maximum atomic E-state index is 12.0. The van der Waals surface area contributed by atoms with Gasteiger partial charge in [0, 0.05) is 13.1 Å². The van der Waals surface area contributed by atoms with Crippen molar-refractivity contribution in [2.75, 3.05) is 13.1 Å². The first-order chi connectivity index (χ1) is 8.19. The van der Waals surface area contributed by atoms with Crippen LogP contribution in [-0.2, 0) is 9.53 Å². The van der Waals surface area contributed by atoms with E-state index in [1.54, 1.807) is 20.8 Å². The van der Waals surface area contributed by atoms with Crippen molar-refractivity contribution in [2.45, 2.75) is 46.1 Å². The highest BCUT2D eigenvalue weighted by Crippen LogP contribution is 2.23. The molecule has 0 spiro atoms. The zero-order valence-corrected chi connectivity index (χ0v) is 11.6. The topological polar surface area (TPSA) is 66.8 Å². The number of carbonyl (C=O) groups is 2. The summed E-state index contributed by atoms with van der Waals surface area (Å²) in [5, 5.41) is 9.13. The Labute approximate surface area is 108 Å². The van der Waals surface area contributed by atoms with E-state index >= 15 is 0 Å². The molecule has 1 rings (SSSR count). The van der Waals surface area contributed by atoms with Gasteiger partial charge in [-0.15, -0.1) is 0 Å². The molecule has 2 atom stereocenters. The van der Waals surface area contributed by atoms with E-state index in [2.05, 4.69) is 0 Å². The highest BCUT2D eigenvalue weighted by molar-refractivity contribution is 5.73. The summed E-state index contributed by atoms with van der Waals surface area (Å²) >= 11 is 0. The Bertz CT molecular complexity index is 321. The predicted molar refractivity (Wildman–Crippen MR) is 67.3 cm³/mol. The molecular weight excluding hydrogens is 234 g/mol. The lowest BCUT2D eigenvalue weighted by molar-refractivity contribution is -0.142. The number of rotatable bonds is 1. The van der Waals surface area contributed by atoms with Gasteiger partial charge in [0.2, 0.25) is 0 Å². The first-order valence-corrected chi connectivity index (χ1v) is 6.40. The number of nitrogens with zero attached hydrogens (tertiary/aromatic N) is 1. The second kappa shape index (κ2) is 5.59. The van der Waals surface area contributed by atoms with Crippen LogP contribution >= 0.6 is 0 Å². The zero-order valence-electron chi connectivity index (χ0n) is 11.6. The Balaban J connectivity index is 2.70. The second-order valence-corrected chi connectivity index (χ2v) is 6.09. The van der Waals surface area contributed by atoms with Crippen molar-refractivity contribution in [2.24, 2.45) is 11.8 Å². The van der Waals surface area contributed by atoms with E-state index < -0.39 is 23.6 Å². The molecule has 1 amide bonds. The van der Waals surface area contributed by atoms with E-state index in [1.807, 2.05) is 6.92 Å². The third kappa shape index (κ3) is 4.55. The minimum atomic E-state index is -0.836. The number of ether oxygens (including phenoxy) is 1. The molecule has 0 aliphatic carbocycles. The molecule has 0 aromatic rings. The van der Waals surface area contributed by atoms with Gasteiger partial charge in [-0.2, -0.15) is 0 Å². The maximum Gasteiger partial charge on any atom is 0.410 e. The van der Waals surface area contributed by atoms with Gasteiger partial charge in [-0.05, 0) is 39.5 Å². The summed E-state index contributed by atoms with van der Waals surface area (Å²) in [4.78, 5) is 24.6. The third-order valence-corrected chi connectivity index (χ3v) is 3.02. The predicted octanol–water partition coefficient (Wildman–Crippen LogP) is 2.35. The molecule has 0 bridgehead atoms. The summed E-state index contributed by atoms with van der Waals surface area (Å²) in [7, 11) is 0. The molecule has 5 nitrogen and oxygen atoms in total. The Kier molecular flexibility index (Phi) is 4.59. The number of likely N-dealkylation sites (tertiary alicyclic amines) is 1. The maximum absolute atomic E-state index is 12.0. The Morgan fingerprint density at radius 3 is 2.44 bits per heavy atom. The van der Waals surface area contributed by atoms with E-state index in [0.29, 0.717) is 18.9 Å². The lowest BCUT2D eigenvalue weighted by atomic mass is 9.95. The van der Waals surface area contributed by atoms with Crippen LogP contribution in [0.25, 0.3) is 0 Å². The average molecular weight is 257 g/mol. The second-order valence-electron chi connectivity index (χ2n) is 6.09. The van der Waals surface area contributed by atoms with Crippen molar-refractivity contribution in [3.63, 3.8) is 0 Å². The van der Waals surface area contributed by atoms with Gasteiger partial charge in [0.1, 0.15) is 5.60 Å². The van der Waals surface area contributed by atoms with Gasteiger partial charge in [0.25, 0.3) is 0 Å². The van der Waals surface area contributed by atoms with E-state index in [0.717, 1.165) is 6.42 Å². The summed E-state index contributed by atoms with van der Waals surface area (Å²) in [6, 6.07) is 0. The summed E-state index contributed by atoms with van der Waals surface area (Å²) in [6.07, 6.45) is 1.03. The number of carbonyl (C=O) groups excluding carboxylic acids is 1. The van der Waals surface area contributed by atoms with Crippen LogP contribution in [0.2, 0.25) is 0 Å². The summed E-state index contributed by atoms with van der Waals surface area (Å²) < 4.78 is 5.29. The first-order valence-electron chi connectivity index (χ1n) is 6.40. The van der Waals surface area contributed by atoms with Crippen molar-refractivity contribution in [3.05, 3.63) is 0 Å². The van der Waals surface area contributed by atoms with Crippen molar-refractivity contribution in [3.8, 4) is 0 Å². The fraction of sp³-hybridized carbons (Fsp3) is 0.846. The van der Waals surface area contributed by atoms with Crippen LogP contribution in [0.4, 0.5) is 4.79 Å². The van der Waals surface area contributed by atoms with Crippen LogP contribution < -0.4 is 0 Å². The van der Waals surface area contributed by atoms with Gasteiger partial charge in [0.05, 0.1) is 5.92 Å². The average Bonchev–Trinajstić information content (AvgIpc) is 2.37. The highest BCUT2D eigenvalue weighted by atomic mass is 16.6. The van der Waals surface area contributed by atoms with Crippen LogP contribution in [0.1, 0.15) is 40.5 Å². The molecule has 1 fully saturated rings. The molecule has 1 N–H and O–H groups in total. The van der Waals surface area contributed by atoms with Crippen molar-refractivity contribution >= 4 is 12.1 Å². The lowest BCUT2D eigenvalue weighted by Crippen LogP contribution is -2.40. The molecule has 1 heterocycles. The minimum absolute atomic E-state index is 0.245. The molecule has 2 unspecified atom stereocenters. The number of amides is 1. The number of hydrogen-bond acceptors (Lipinski definition) is 3. The van der Waals surface area contributed by atoms with Gasteiger partial charge in [0.15, 0.2) is 0 Å². The minimum Gasteiger partial charge on any atom is -0.481 e. The standard InChI is InChI=1S/C13H23NO4/c1-9-5-6-14(8-10(7-9)11(15)16)12(17)18-13(2,3)4/h9-10H,5-8H2,1-4H3,(H,15,16). The molecule has 104 valence electrons. The van der Waals surface area contributed by atoms with E-state index in [4.69, 9.17) is 9.84 Å². The normalized spacial score (nSPS) is 25.4. The molecule has 0 aromatic heterocycles. The quantitative estimate of drug-likeness (QED) is 0.783. The van der Waals surface area contributed by atoms with E-state index in [1.165, 1.54) is 4.90 Å². The highest BCUT2D eigenvalue weighted by Gasteiger charge is 2.31. The fourth-order valence-corrected chi connectivity index (χ4v) is 2.08. The Morgan fingerprint density at radius 2 is 1.94 bits per heavy atom. The van der Waals surface area contributed by atoms with Crippen molar-refractivity contribution < 1.29 is 19.4 Å². The van der Waals surface area contributed by atoms with Crippen LogP contribution in [0.15, 0.2) is 0 Å². The molecule has 1 saturated heterocycles. The molecular formula is C13H23NO4. The number of carboxylic acid groups (broad SMARTS) is 1. The van der Waals surface area contributed by atoms with Crippen molar-refractivity contribution in [1.29, 1.82) is 0 Å². The molecule has 18 heavy (non-hydrogen) atoms. The zero-order chi connectivity index (χ0) is 13.9. The molecule has 0 aromatic carbocycles. The fourth-order valence-electron chi connectivity index (χ4n) is 2.08. The number of aliphatic carboxylic acids is 1. The summed E-state index contributed by atoms with van der Waals surface area (Å²) in [5.41, 5.74) is -0.548. The Hall–Kier alpha value is -1.26. The summed E-state index contributed by atoms with van der Waals surface area (Å²) in [6.45, 7) is 8.25. The van der Waals surface area contributed by atoms with Crippen LogP contribution in [-0.4, -0.2) is 40.8 Å². The monoisotopic (exact) mass is 257 g/mol. The van der Waals surface area contributed by atoms with Gasteiger partial charge in [-0.1, -0.05) is 6.92 Å². The first kappa shape index (κ1) is 14.8. The lowest BCUT2D eigenvalue weighted by Gasteiger charge is -2.27. The van der Waals surface area contributed by atoms with E-state index in [9.17, 15) is 9.59 Å². The number of carboxylic acids is 1. The Morgan fingerprint density at radius 1 is 1.33 bits per heavy atom. The molecule has 0 saturated carbocycles. The van der Waals surface area contributed by atoms with Gasteiger partial charge in [-0.25, -0.2) is 4.79 Å². The van der Waals surface area contributed by atoms with Gasteiger partial charge < -0.3 is 14.7 Å². The van der Waals surface area contributed by atoms with Crippen LogP contribution in [0.5, 0.6) is 0 Å². The van der Waals surface area contributed by atoms with Crippen LogP contribution in [0, 0.1) is 11.8 Å². The third-order valence-electron chi connectivity index (χ3n) is 3.02. The van der Waals surface area contributed by atoms with Crippen molar-refractivity contribution in [1.82, 2.24) is 4.90 Å². The largest absolute Gasteiger partial charge is 0.481 e. The molecule has 1 aliphatic heterocycles. The van der Waals surface area contributed by atoms with Crippen LogP contribution in [0.3, 0.4) is 0 Å².